The molecule has 0 aliphatic heterocycles. The number of nitrogens with one attached hydrogen (secondary N) is 8. The Hall–Kier alpha value is -8.84. The highest BCUT2D eigenvalue weighted by molar-refractivity contribution is 7.16. The van der Waals surface area contributed by atoms with Gasteiger partial charge in [-0.05, 0) is 85.0 Å². The van der Waals surface area contributed by atoms with Gasteiger partial charge in [0.2, 0.25) is 44.2 Å². The number of hydrogen-bond donors (Lipinski definition) is 8. The zero-order valence-corrected chi connectivity index (χ0v) is 48.5. The number of fused-ring (bicyclic) bond motifs is 4. The van der Waals surface area contributed by atoms with Crippen LogP contribution in [0.15, 0.2) is 122 Å². The van der Waals surface area contributed by atoms with Crippen molar-refractivity contribution in [3.8, 4) is 0 Å². The Bertz CT molecular complexity index is 3780. The number of para-hydroxylation sites is 4. The van der Waals surface area contributed by atoms with Crippen LogP contribution in [0.3, 0.4) is 0 Å². The van der Waals surface area contributed by atoms with Gasteiger partial charge in [-0.1, -0.05) is 131 Å². The van der Waals surface area contributed by atoms with Crippen LogP contribution in [0.5, 0.6) is 0 Å². The lowest BCUT2D eigenvalue weighted by atomic mass is 9.82. The highest BCUT2D eigenvalue weighted by Gasteiger charge is 2.32. The molecule has 20 nitrogen and oxygen atoms in total. The van der Waals surface area contributed by atoms with Gasteiger partial charge in [0.15, 0.2) is 0 Å². The molecule has 4 aromatic carbocycles. The summed E-state index contributed by atoms with van der Waals surface area (Å²) < 4.78 is 0. The predicted octanol–water partition coefficient (Wildman–Crippen LogP) is 12.3. The van der Waals surface area contributed by atoms with E-state index in [1.54, 1.807) is 0 Å². The fourth-order valence-electron chi connectivity index (χ4n) is 11.5. The fourth-order valence-corrected chi connectivity index (χ4v) is 15.2. The van der Waals surface area contributed by atoms with E-state index in [9.17, 15) is 19.2 Å². The third-order valence-corrected chi connectivity index (χ3v) is 19.6. The van der Waals surface area contributed by atoms with E-state index in [-0.39, 0.29) is 73.0 Å². The summed E-state index contributed by atoms with van der Waals surface area (Å²) in [5.41, 5.74) is 7.87. The van der Waals surface area contributed by atoms with Gasteiger partial charge < -0.3 is 41.2 Å². The first kappa shape index (κ1) is 54.4. The molecule has 2 fully saturated rings. The minimum atomic E-state index is -0.114. The first-order chi connectivity index (χ1) is 41.2. The second kappa shape index (κ2) is 24.5. The van der Waals surface area contributed by atoms with Crippen LogP contribution < -0.4 is 21.3 Å². The van der Waals surface area contributed by atoms with Crippen molar-refractivity contribution in [2.24, 2.45) is 0 Å². The van der Waals surface area contributed by atoms with Crippen molar-refractivity contribution in [2.75, 3.05) is 21.3 Å². The quantitative estimate of drug-likeness (QED) is 0.0448. The standard InChI is InChI=1S/2C30H28N8O2S2/c2*39-25(13-19-15-31-23-10-3-1-8-21(19)23)33-29-37-35-27(41-29)17-6-5-7-18(12-17)28-36-38-30(42-28)34-26(40)14-20-16-32-24-11-4-2-9-22(20)24/h2*1-4,8-11,15-18,31-32H,5-7,12-14H2,(H,33,37,39)(H,34,38,40)/t2*17-,18-/m10/s1. The molecule has 0 bridgehead atoms. The van der Waals surface area contributed by atoms with Gasteiger partial charge in [0, 0.05) is 92.1 Å². The third kappa shape index (κ3) is 12.4. The highest BCUT2D eigenvalue weighted by Crippen LogP contribution is 2.45. The molecule has 14 rings (SSSR count). The normalized spacial score (nSPS) is 17.0. The van der Waals surface area contributed by atoms with Crippen LogP contribution >= 0.6 is 45.3 Å². The van der Waals surface area contributed by atoms with Gasteiger partial charge in [-0.25, -0.2) is 0 Å². The summed E-state index contributed by atoms with van der Waals surface area (Å²) >= 11 is 5.77. The van der Waals surface area contributed by atoms with E-state index >= 15 is 0 Å². The lowest BCUT2D eigenvalue weighted by molar-refractivity contribution is -0.116. The van der Waals surface area contributed by atoms with Crippen LogP contribution in [0.2, 0.25) is 0 Å². The van der Waals surface area contributed by atoms with E-state index in [4.69, 9.17) is 0 Å². The van der Waals surface area contributed by atoms with Crippen LogP contribution in [0.25, 0.3) is 43.6 Å². The summed E-state index contributed by atoms with van der Waals surface area (Å²) in [5.74, 6) is 0.505. The van der Waals surface area contributed by atoms with Gasteiger partial charge in [-0.2, -0.15) is 0 Å². The number of hydrogen-bond acceptors (Lipinski definition) is 16. The summed E-state index contributed by atoms with van der Waals surface area (Å²) in [4.78, 5) is 63.8. The lowest BCUT2D eigenvalue weighted by Gasteiger charge is -2.25. The van der Waals surface area contributed by atoms with Crippen molar-refractivity contribution in [3.05, 3.63) is 164 Å². The van der Waals surface area contributed by atoms with Crippen LogP contribution in [-0.4, -0.2) is 84.4 Å². The number of rotatable bonds is 16. The second-order valence-electron chi connectivity index (χ2n) is 21.2. The Morgan fingerprint density at radius 3 is 0.845 bits per heavy atom. The van der Waals surface area contributed by atoms with Crippen LogP contribution in [0.4, 0.5) is 20.5 Å². The zero-order chi connectivity index (χ0) is 56.9. The highest BCUT2D eigenvalue weighted by atomic mass is 32.1. The lowest BCUT2D eigenvalue weighted by Crippen LogP contribution is -2.14. The molecule has 8 aromatic heterocycles. The summed E-state index contributed by atoms with van der Waals surface area (Å²) in [7, 11) is 0. The Morgan fingerprint density at radius 2 is 0.595 bits per heavy atom. The Morgan fingerprint density at radius 1 is 0.357 bits per heavy atom. The third-order valence-electron chi connectivity index (χ3n) is 15.6. The minimum Gasteiger partial charge on any atom is -0.361 e. The SMILES string of the molecule is O=C(Cc1c[nH]c2ccccc12)Nc1nnc([C@@H]2CCC[C@@H](c3nnc(NC(=O)Cc4c[nH]c5ccccc45)s3)C2)s1.O=C(Cc1c[nH]c2ccccc12)Nc1nnc([C@H]2CCC[C@H](c3nnc(NC(=O)Cc4c[nH]c5ccccc45)s3)C2)s1. The van der Waals surface area contributed by atoms with E-state index in [0.29, 0.717) is 20.5 Å². The first-order valence-corrected chi connectivity index (χ1v) is 31.2. The molecule has 84 heavy (non-hydrogen) atoms. The number of aromatic nitrogens is 12. The first-order valence-electron chi connectivity index (χ1n) is 27.9. The van der Waals surface area contributed by atoms with Crippen molar-refractivity contribution in [1.82, 2.24) is 60.7 Å². The fraction of sp³-hybridized carbons (Fsp3) is 0.267. The Labute approximate surface area is 496 Å². The maximum absolute atomic E-state index is 12.7. The topological polar surface area (TPSA) is 283 Å². The molecule has 0 spiro atoms. The molecule has 0 radical (unpaired) electrons. The number of nitrogens with zero attached hydrogens (tertiary/aromatic N) is 8. The molecule has 4 amide bonds. The van der Waals surface area contributed by atoms with E-state index in [1.807, 2.05) is 122 Å². The number of amides is 4. The molecule has 2 aliphatic rings. The van der Waals surface area contributed by atoms with Crippen LogP contribution in [-0.2, 0) is 44.9 Å². The van der Waals surface area contributed by atoms with E-state index in [1.165, 1.54) is 45.3 Å². The average molecular weight is 1190 g/mol. The molecule has 24 heteroatoms. The maximum atomic E-state index is 12.7. The molecule has 424 valence electrons. The molecular formula is C60H56N16O4S4. The number of carbonyl (C=O) groups excluding carboxylic acids is 4. The zero-order valence-electron chi connectivity index (χ0n) is 45.2. The molecule has 0 unspecified atom stereocenters. The van der Waals surface area contributed by atoms with Gasteiger partial charge in [0.25, 0.3) is 0 Å². The maximum Gasteiger partial charge on any atom is 0.230 e. The van der Waals surface area contributed by atoms with Gasteiger partial charge >= 0.3 is 0 Å². The monoisotopic (exact) mass is 1190 g/mol. The molecule has 2 aliphatic carbocycles. The largest absolute Gasteiger partial charge is 0.361 e. The van der Waals surface area contributed by atoms with Crippen molar-refractivity contribution >= 4 is 133 Å². The Balaban J connectivity index is 0.000000157. The number of carbonyl (C=O) groups is 4. The van der Waals surface area contributed by atoms with Gasteiger partial charge in [0.05, 0.1) is 25.7 Å². The molecule has 2 saturated carbocycles. The summed E-state index contributed by atoms with van der Waals surface area (Å²) in [6, 6.07) is 31.8. The Kier molecular flexibility index (Phi) is 15.9. The van der Waals surface area contributed by atoms with E-state index in [2.05, 4.69) is 82.0 Å². The van der Waals surface area contributed by atoms with E-state index in [0.717, 1.165) is 137 Å². The average Bonchev–Trinajstić information content (AvgIpc) is 4.50. The number of anilines is 4. The van der Waals surface area contributed by atoms with Crippen molar-refractivity contribution in [2.45, 2.75) is 101 Å². The number of aromatic amines is 4. The molecule has 12 aromatic rings. The summed E-state index contributed by atoms with van der Waals surface area (Å²) in [6.07, 6.45) is 16.5. The number of benzene rings is 4. The van der Waals surface area contributed by atoms with Crippen LogP contribution in [0.1, 0.15) is 117 Å². The smallest absolute Gasteiger partial charge is 0.230 e. The van der Waals surface area contributed by atoms with Gasteiger partial charge in [0.1, 0.15) is 20.0 Å². The van der Waals surface area contributed by atoms with E-state index < -0.39 is 0 Å². The van der Waals surface area contributed by atoms with Gasteiger partial charge in [-0.3, -0.25) is 19.2 Å². The molecule has 4 atom stereocenters. The van der Waals surface area contributed by atoms with Crippen molar-refractivity contribution in [3.63, 3.8) is 0 Å². The molecular weight excluding hydrogens is 1140 g/mol. The minimum absolute atomic E-state index is 0.114. The van der Waals surface area contributed by atoms with Crippen molar-refractivity contribution < 1.29 is 19.2 Å². The van der Waals surface area contributed by atoms with Crippen LogP contribution in [0, 0.1) is 0 Å². The summed E-state index contributed by atoms with van der Waals surface area (Å²) in [5, 5.41) is 56.4. The second-order valence-corrected chi connectivity index (χ2v) is 25.3. The predicted molar refractivity (Wildman–Crippen MR) is 330 cm³/mol. The van der Waals surface area contributed by atoms with Crippen molar-refractivity contribution in [1.29, 1.82) is 0 Å². The number of H-pyrrole nitrogens is 4. The molecule has 8 N–H and O–H groups in total. The molecule has 8 heterocycles. The molecule has 0 saturated heterocycles. The van der Waals surface area contributed by atoms with Gasteiger partial charge in [-0.15, -0.1) is 40.8 Å². The summed E-state index contributed by atoms with van der Waals surface area (Å²) in [6.45, 7) is 0.